The zero-order chi connectivity index (χ0) is 14.0. The Morgan fingerprint density at radius 1 is 1.47 bits per heavy atom. The van der Waals surface area contributed by atoms with Crippen molar-refractivity contribution in [3.05, 3.63) is 45.1 Å². The molecule has 0 aliphatic carbocycles. The molecular formula is C13H13BrClN3O. The van der Waals surface area contributed by atoms with Crippen LogP contribution in [0.3, 0.4) is 0 Å². The summed E-state index contributed by atoms with van der Waals surface area (Å²) >= 11 is 9.30. The summed E-state index contributed by atoms with van der Waals surface area (Å²) < 4.78 is 2.45. The minimum Gasteiger partial charge on any atom is -0.320 e. The third kappa shape index (κ3) is 3.16. The van der Waals surface area contributed by atoms with Crippen molar-refractivity contribution in [1.29, 1.82) is 0 Å². The Kier molecular flexibility index (Phi) is 4.27. The normalized spacial score (nSPS) is 10.5. The Bertz CT molecular complexity index is 624. The largest absolute Gasteiger partial charge is 0.320 e. The highest BCUT2D eigenvalue weighted by Crippen LogP contribution is 2.26. The molecule has 100 valence electrons. The molecule has 0 atom stereocenters. The molecule has 6 heteroatoms. The van der Waals surface area contributed by atoms with E-state index in [4.69, 9.17) is 11.6 Å². The van der Waals surface area contributed by atoms with Crippen LogP contribution in [0.2, 0.25) is 5.02 Å². The van der Waals surface area contributed by atoms with Gasteiger partial charge in [0.2, 0.25) is 0 Å². The maximum absolute atomic E-state index is 12.2. The van der Waals surface area contributed by atoms with E-state index in [9.17, 15) is 4.79 Å². The maximum atomic E-state index is 12.2. The van der Waals surface area contributed by atoms with Gasteiger partial charge in [0, 0.05) is 16.0 Å². The van der Waals surface area contributed by atoms with Gasteiger partial charge in [0.1, 0.15) is 5.69 Å². The molecule has 2 rings (SSSR count). The molecule has 0 unspecified atom stereocenters. The maximum Gasteiger partial charge on any atom is 0.273 e. The summed E-state index contributed by atoms with van der Waals surface area (Å²) in [4.78, 5) is 12.2. The van der Waals surface area contributed by atoms with Crippen molar-refractivity contribution < 1.29 is 4.79 Å². The van der Waals surface area contributed by atoms with E-state index in [1.54, 1.807) is 28.9 Å². The van der Waals surface area contributed by atoms with Gasteiger partial charge in [-0.2, -0.15) is 5.10 Å². The first-order valence-electron chi connectivity index (χ1n) is 5.82. The van der Waals surface area contributed by atoms with Crippen LogP contribution in [0.4, 0.5) is 5.69 Å². The van der Waals surface area contributed by atoms with Crippen molar-refractivity contribution in [2.45, 2.75) is 20.4 Å². The van der Waals surface area contributed by atoms with E-state index in [0.717, 1.165) is 10.2 Å². The van der Waals surface area contributed by atoms with Crippen molar-refractivity contribution in [1.82, 2.24) is 9.78 Å². The Hall–Kier alpha value is -1.33. The second-order valence-electron chi connectivity index (χ2n) is 4.07. The van der Waals surface area contributed by atoms with Gasteiger partial charge in [0.15, 0.2) is 0 Å². The van der Waals surface area contributed by atoms with Crippen molar-refractivity contribution in [2.75, 3.05) is 5.32 Å². The monoisotopic (exact) mass is 341 g/mol. The van der Waals surface area contributed by atoms with Crippen LogP contribution in [-0.2, 0) is 6.54 Å². The second-order valence-corrected chi connectivity index (χ2v) is 5.36. The molecule has 1 amide bonds. The zero-order valence-electron chi connectivity index (χ0n) is 10.6. The number of halogens is 2. The number of carbonyl (C=O) groups is 1. The van der Waals surface area contributed by atoms with Crippen LogP contribution < -0.4 is 5.32 Å². The summed E-state index contributed by atoms with van der Waals surface area (Å²) in [6, 6.07) is 7.00. The van der Waals surface area contributed by atoms with Crippen LogP contribution in [0, 0.1) is 6.92 Å². The number of aryl methyl sites for hydroxylation is 2. The lowest BCUT2D eigenvalue weighted by molar-refractivity contribution is 0.101. The van der Waals surface area contributed by atoms with Crippen molar-refractivity contribution in [3.63, 3.8) is 0 Å². The molecule has 2 aromatic rings. The van der Waals surface area contributed by atoms with Crippen LogP contribution in [0.1, 0.15) is 23.1 Å². The molecule has 1 heterocycles. The van der Waals surface area contributed by atoms with Crippen LogP contribution in [0.5, 0.6) is 0 Å². The molecule has 1 aromatic heterocycles. The topological polar surface area (TPSA) is 46.9 Å². The minimum atomic E-state index is -0.203. The number of benzene rings is 1. The lowest BCUT2D eigenvalue weighted by Gasteiger charge is -2.08. The summed E-state index contributed by atoms with van der Waals surface area (Å²) in [6.45, 7) is 4.45. The lowest BCUT2D eigenvalue weighted by Crippen LogP contribution is -2.17. The summed E-state index contributed by atoms with van der Waals surface area (Å²) in [5.41, 5.74) is 1.99. The molecule has 0 saturated carbocycles. The zero-order valence-corrected chi connectivity index (χ0v) is 12.9. The molecule has 0 aliphatic heterocycles. The molecule has 0 saturated heterocycles. The molecule has 4 nitrogen and oxygen atoms in total. The Balaban J connectivity index is 2.27. The van der Waals surface area contributed by atoms with E-state index < -0.39 is 0 Å². The molecule has 0 fully saturated rings. The molecule has 0 spiro atoms. The van der Waals surface area contributed by atoms with Gasteiger partial charge >= 0.3 is 0 Å². The average Bonchev–Trinajstić information content (AvgIpc) is 2.75. The first-order valence-corrected chi connectivity index (χ1v) is 6.99. The summed E-state index contributed by atoms with van der Waals surface area (Å²) in [5, 5.41) is 7.64. The number of carbonyl (C=O) groups excluding carboxylic acids is 1. The molecular weight excluding hydrogens is 330 g/mol. The average molecular weight is 343 g/mol. The minimum absolute atomic E-state index is 0.203. The number of nitrogens with one attached hydrogen (secondary N) is 1. The fourth-order valence-corrected chi connectivity index (χ4v) is 2.27. The number of rotatable bonds is 3. The molecule has 0 radical (unpaired) electrons. The highest BCUT2D eigenvalue weighted by molar-refractivity contribution is 9.10. The lowest BCUT2D eigenvalue weighted by atomic mass is 10.3. The molecule has 1 aromatic carbocycles. The summed E-state index contributed by atoms with van der Waals surface area (Å²) in [5.74, 6) is -0.203. The summed E-state index contributed by atoms with van der Waals surface area (Å²) in [6.07, 6.45) is 0. The number of hydrogen-bond donors (Lipinski definition) is 1. The SMILES string of the molecule is CCn1nc(C)cc1C(=O)Nc1cc(Cl)ccc1Br. The van der Waals surface area contributed by atoms with Gasteiger partial charge in [-0.15, -0.1) is 0 Å². The van der Waals surface area contributed by atoms with Crippen molar-refractivity contribution in [3.8, 4) is 0 Å². The molecule has 0 bridgehead atoms. The second kappa shape index (κ2) is 5.75. The van der Waals surface area contributed by atoms with Gasteiger partial charge in [0.05, 0.1) is 11.4 Å². The fourth-order valence-electron chi connectivity index (χ4n) is 1.75. The van der Waals surface area contributed by atoms with E-state index in [-0.39, 0.29) is 5.91 Å². The first-order chi connectivity index (χ1) is 9.01. The van der Waals surface area contributed by atoms with Crippen LogP contribution in [-0.4, -0.2) is 15.7 Å². The number of aromatic nitrogens is 2. The highest BCUT2D eigenvalue weighted by atomic mass is 79.9. The van der Waals surface area contributed by atoms with Crippen LogP contribution >= 0.6 is 27.5 Å². The van der Waals surface area contributed by atoms with Crippen molar-refractivity contribution in [2.24, 2.45) is 0 Å². The van der Waals surface area contributed by atoms with Gasteiger partial charge in [-0.3, -0.25) is 9.48 Å². The molecule has 19 heavy (non-hydrogen) atoms. The third-order valence-corrected chi connectivity index (χ3v) is 3.54. The van der Waals surface area contributed by atoms with E-state index in [2.05, 4.69) is 26.3 Å². The predicted octanol–water partition coefficient (Wildman–Crippen LogP) is 3.88. The summed E-state index contributed by atoms with van der Waals surface area (Å²) in [7, 11) is 0. The molecule has 0 aliphatic rings. The number of anilines is 1. The first kappa shape index (κ1) is 14.1. The van der Waals surface area contributed by atoms with Gasteiger partial charge in [-0.1, -0.05) is 11.6 Å². The Labute approximate surface area is 124 Å². The van der Waals surface area contributed by atoms with E-state index in [1.165, 1.54) is 0 Å². The number of hydrogen-bond acceptors (Lipinski definition) is 2. The van der Waals surface area contributed by atoms with E-state index in [1.807, 2.05) is 13.8 Å². The van der Waals surface area contributed by atoms with Crippen LogP contribution in [0.15, 0.2) is 28.7 Å². The smallest absolute Gasteiger partial charge is 0.273 e. The quantitative estimate of drug-likeness (QED) is 0.920. The fraction of sp³-hybridized carbons (Fsp3) is 0.231. The highest BCUT2D eigenvalue weighted by Gasteiger charge is 2.14. The Morgan fingerprint density at radius 2 is 2.21 bits per heavy atom. The third-order valence-electron chi connectivity index (χ3n) is 2.61. The number of amides is 1. The molecule has 1 N–H and O–H groups in total. The predicted molar refractivity (Wildman–Crippen MR) is 79.7 cm³/mol. The van der Waals surface area contributed by atoms with Gasteiger partial charge < -0.3 is 5.32 Å². The van der Waals surface area contributed by atoms with E-state index >= 15 is 0 Å². The number of nitrogens with zero attached hydrogens (tertiary/aromatic N) is 2. The van der Waals surface area contributed by atoms with Gasteiger partial charge in [0.25, 0.3) is 5.91 Å². The van der Waals surface area contributed by atoms with Gasteiger partial charge in [-0.25, -0.2) is 0 Å². The van der Waals surface area contributed by atoms with Crippen molar-refractivity contribution >= 4 is 39.1 Å². The standard InChI is InChI=1S/C13H13BrClN3O/c1-3-18-12(6-8(2)17-18)13(19)16-11-7-9(15)4-5-10(11)14/h4-7H,3H2,1-2H3,(H,16,19). The van der Waals surface area contributed by atoms with E-state index in [0.29, 0.717) is 22.9 Å². The van der Waals surface area contributed by atoms with Gasteiger partial charge in [-0.05, 0) is 54.0 Å². The Morgan fingerprint density at radius 3 is 2.89 bits per heavy atom. The van der Waals surface area contributed by atoms with Crippen LogP contribution in [0.25, 0.3) is 0 Å².